The average Bonchev–Trinajstić information content (AvgIpc) is 2.87. The lowest BCUT2D eigenvalue weighted by atomic mass is 9.81. The highest BCUT2D eigenvalue weighted by Gasteiger charge is 2.46. The molecule has 1 aromatic carbocycles. The second-order valence-electron chi connectivity index (χ2n) is 9.94. The van der Waals surface area contributed by atoms with Gasteiger partial charge in [-0.3, -0.25) is 0 Å². The summed E-state index contributed by atoms with van der Waals surface area (Å²) in [6.45, 7) is 3.71. The van der Waals surface area contributed by atoms with Crippen LogP contribution in [-0.2, 0) is 6.18 Å². The molecule has 186 valence electrons. The molecule has 1 N–H and O–H groups in total. The molecule has 1 unspecified atom stereocenters. The molecule has 35 heavy (non-hydrogen) atoms. The topological polar surface area (TPSA) is 31.4 Å². The molecule has 1 saturated carbocycles. The SMILES string of the molecule is CCCC#Cc1ccnc(N2C3CCN(c4ccc(C(F)(F)F)cc4)C[C@H]3N[C@@H]3CCCC[C@H]32)c1. The van der Waals surface area contributed by atoms with Crippen LogP contribution in [0, 0.1) is 11.8 Å². The van der Waals surface area contributed by atoms with Crippen LogP contribution in [0.15, 0.2) is 42.6 Å². The lowest BCUT2D eigenvalue weighted by Crippen LogP contribution is -2.72. The summed E-state index contributed by atoms with van der Waals surface area (Å²) in [6, 6.07) is 11.0. The second kappa shape index (κ2) is 10.1. The number of benzene rings is 1. The molecule has 2 aliphatic heterocycles. The number of unbranched alkanes of at least 4 members (excludes halogenated alkanes) is 1. The fraction of sp³-hybridized carbons (Fsp3) is 0.536. The van der Waals surface area contributed by atoms with Crippen molar-refractivity contribution in [3.63, 3.8) is 0 Å². The maximum absolute atomic E-state index is 13.0. The van der Waals surface area contributed by atoms with Crippen LogP contribution in [0.4, 0.5) is 24.7 Å². The van der Waals surface area contributed by atoms with Gasteiger partial charge in [0.15, 0.2) is 0 Å². The molecule has 7 heteroatoms. The van der Waals surface area contributed by atoms with Gasteiger partial charge in [-0.1, -0.05) is 31.6 Å². The molecule has 5 rings (SSSR count). The first-order chi connectivity index (χ1) is 16.9. The Morgan fingerprint density at radius 2 is 1.80 bits per heavy atom. The van der Waals surface area contributed by atoms with E-state index in [9.17, 15) is 13.2 Å². The Hall–Kier alpha value is -2.72. The molecule has 1 aromatic heterocycles. The fourth-order valence-electron chi connectivity index (χ4n) is 5.96. The number of halogens is 3. The van der Waals surface area contributed by atoms with Gasteiger partial charge in [0.2, 0.25) is 0 Å². The molecule has 0 amide bonds. The Morgan fingerprint density at radius 1 is 1.03 bits per heavy atom. The molecule has 1 aliphatic carbocycles. The standard InChI is InChI=1S/C28H33F3N4/c1-2-3-4-7-20-14-16-32-27(18-20)35-25-9-6-5-8-23(25)33-24-19-34(17-15-26(24)35)22-12-10-21(11-13-22)28(29,30)31/h10-14,16,18,23-26,33H,2-3,5-6,8-9,15,17,19H2,1H3/t23-,24-,25-,26?/m1/s1. The summed E-state index contributed by atoms with van der Waals surface area (Å²) >= 11 is 0. The number of pyridine rings is 1. The summed E-state index contributed by atoms with van der Waals surface area (Å²) < 4.78 is 39.1. The van der Waals surface area contributed by atoms with Crippen molar-refractivity contribution in [3.8, 4) is 11.8 Å². The molecule has 2 aromatic rings. The molecular formula is C28H33F3N4. The highest BCUT2D eigenvalue weighted by molar-refractivity contribution is 5.53. The molecular weight excluding hydrogens is 449 g/mol. The number of rotatable bonds is 3. The first kappa shape index (κ1) is 24.0. The van der Waals surface area contributed by atoms with E-state index in [-0.39, 0.29) is 6.04 Å². The van der Waals surface area contributed by atoms with Gasteiger partial charge in [0.05, 0.1) is 5.56 Å². The minimum Gasteiger partial charge on any atom is -0.370 e. The molecule has 3 aliphatic rings. The van der Waals surface area contributed by atoms with Gasteiger partial charge >= 0.3 is 6.18 Å². The predicted octanol–water partition coefficient (Wildman–Crippen LogP) is 5.62. The van der Waals surface area contributed by atoms with E-state index in [2.05, 4.69) is 39.9 Å². The van der Waals surface area contributed by atoms with Gasteiger partial charge in [-0.05, 0) is 62.1 Å². The Labute approximate surface area is 205 Å². The van der Waals surface area contributed by atoms with Crippen LogP contribution < -0.4 is 15.1 Å². The van der Waals surface area contributed by atoms with Crippen molar-refractivity contribution in [1.29, 1.82) is 0 Å². The Morgan fingerprint density at radius 3 is 2.57 bits per heavy atom. The van der Waals surface area contributed by atoms with Gasteiger partial charge < -0.3 is 15.1 Å². The van der Waals surface area contributed by atoms with Crippen LogP contribution in [0.1, 0.15) is 63.0 Å². The Kier molecular flexibility index (Phi) is 6.93. The van der Waals surface area contributed by atoms with E-state index >= 15 is 0 Å². The van der Waals surface area contributed by atoms with Crippen LogP contribution in [-0.4, -0.2) is 42.2 Å². The number of piperidine rings is 1. The van der Waals surface area contributed by atoms with Crippen molar-refractivity contribution in [2.24, 2.45) is 0 Å². The monoisotopic (exact) mass is 482 g/mol. The number of hydrogen-bond acceptors (Lipinski definition) is 4. The van der Waals surface area contributed by atoms with E-state index in [0.717, 1.165) is 62.3 Å². The lowest BCUT2D eigenvalue weighted by molar-refractivity contribution is -0.137. The number of fused-ring (bicyclic) bond motifs is 2. The molecule has 3 heterocycles. The van der Waals surface area contributed by atoms with Crippen molar-refractivity contribution in [2.75, 3.05) is 22.9 Å². The first-order valence-corrected chi connectivity index (χ1v) is 12.9. The number of hydrogen-bond donors (Lipinski definition) is 1. The van der Waals surface area contributed by atoms with Gasteiger partial charge in [0.1, 0.15) is 5.82 Å². The van der Waals surface area contributed by atoms with Crippen molar-refractivity contribution in [3.05, 3.63) is 53.7 Å². The van der Waals surface area contributed by atoms with Crippen LogP contribution in [0.25, 0.3) is 0 Å². The van der Waals surface area contributed by atoms with Gasteiger partial charge in [-0.15, -0.1) is 0 Å². The van der Waals surface area contributed by atoms with Gasteiger partial charge in [0, 0.05) is 61.1 Å². The van der Waals surface area contributed by atoms with Crippen LogP contribution in [0.2, 0.25) is 0 Å². The van der Waals surface area contributed by atoms with Crippen LogP contribution in [0.5, 0.6) is 0 Å². The van der Waals surface area contributed by atoms with Crippen LogP contribution in [0.3, 0.4) is 0 Å². The van der Waals surface area contributed by atoms with E-state index in [1.807, 2.05) is 12.3 Å². The lowest BCUT2D eigenvalue weighted by Gasteiger charge is -2.56. The highest BCUT2D eigenvalue weighted by atomic mass is 19.4. The number of nitrogens with zero attached hydrogens (tertiary/aromatic N) is 3. The van der Waals surface area contributed by atoms with E-state index in [1.54, 1.807) is 12.1 Å². The fourth-order valence-corrected chi connectivity index (χ4v) is 5.96. The second-order valence-corrected chi connectivity index (χ2v) is 9.94. The summed E-state index contributed by atoms with van der Waals surface area (Å²) in [5, 5.41) is 3.93. The third-order valence-electron chi connectivity index (χ3n) is 7.63. The van der Waals surface area contributed by atoms with E-state index < -0.39 is 11.7 Å². The van der Waals surface area contributed by atoms with Crippen LogP contribution >= 0.6 is 0 Å². The van der Waals surface area contributed by atoms with Crippen molar-refractivity contribution < 1.29 is 13.2 Å². The van der Waals surface area contributed by atoms with E-state index in [4.69, 9.17) is 4.98 Å². The predicted molar refractivity (Wildman–Crippen MR) is 134 cm³/mol. The average molecular weight is 483 g/mol. The highest BCUT2D eigenvalue weighted by Crippen LogP contribution is 2.37. The summed E-state index contributed by atoms with van der Waals surface area (Å²) in [6.07, 6.45) is 5.16. The quantitative estimate of drug-likeness (QED) is 0.576. The van der Waals surface area contributed by atoms with Crippen molar-refractivity contribution >= 4 is 11.5 Å². The van der Waals surface area contributed by atoms with Crippen molar-refractivity contribution in [2.45, 2.75) is 82.2 Å². The molecule has 4 nitrogen and oxygen atoms in total. The minimum atomic E-state index is -4.31. The summed E-state index contributed by atoms with van der Waals surface area (Å²) in [7, 11) is 0. The molecule has 4 atom stereocenters. The number of anilines is 2. The zero-order chi connectivity index (χ0) is 24.4. The molecule has 0 radical (unpaired) electrons. The molecule has 0 spiro atoms. The van der Waals surface area contributed by atoms with Gasteiger partial charge in [-0.2, -0.15) is 13.2 Å². The van der Waals surface area contributed by atoms with Crippen molar-refractivity contribution in [1.82, 2.24) is 10.3 Å². The summed E-state index contributed by atoms with van der Waals surface area (Å²) in [4.78, 5) is 9.57. The smallest absolute Gasteiger partial charge is 0.370 e. The van der Waals surface area contributed by atoms with E-state index in [1.165, 1.54) is 25.0 Å². The number of piperazine rings is 1. The molecule has 0 bridgehead atoms. The van der Waals surface area contributed by atoms with Gasteiger partial charge in [-0.25, -0.2) is 4.98 Å². The number of nitrogens with one attached hydrogen (secondary N) is 1. The maximum Gasteiger partial charge on any atom is 0.416 e. The zero-order valence-corrected chi connectivity index (χ0v) is 20.2. The Balaban J connectivity index is 1.39. The van der Waals surface area contributed by atoms with Gasteiger partial charge in [0.25, 0.3) is 0 Å². The number of alkyl halides is 3. The largest absolute Gasteiger partial charge is 0.416 e. The number of aromatic nitrogens is 1. The van der Waals surface area contributed by atoms with E-state index in [0.29, 0.717) is 18.1 Å². The third-order valence-corrected chi connectivity index (χ3v) is 7.63. The zero-order valence-electron chi connectivity index (χ0n) is 20.2. The Bertz CT molecular complexity index is 1070. The molecule has 3 fully saturated rings. The maximum atomic E-state index is 13.0. The summed E-state index contributed by atoms with van der Waals surface area (Å²) in [5.74, 6) is 7.54. The minimum absolute atomic E-state index is 0.224. The molecule has 2 saturated heterocycles. The normalized spacial score (nSPS) is 26.4. The first-order valence-electron chi connectivity index (χ1n) is 12.9. The third kappa shape index (κ3) is 5.13. The summed E-state index contributed by atoms with van der Waals surface area (Å²) in [5.41, 5.74) is 1.26.